The van der Waals surface area contributed by atoms with E-state index in [-0.39, 0.29) is 11.0 Å². The van der Waals surface area contributed by atoms with Gasteiger partial charge >= 0.3 is 5.69 Å². The molecule has 0 atom stereocenters. The summed E-state index contributed by atoms with van der Waals surface area (Å²) in [7, 11) is 0. The third-order valence-corrected chi connectivity index (χ3v) is 2.99. The predicted molar refractivity (Wildman–Crippen MR) is 69.2 cm³/mol. The van der Waals surface area contributed by atoms with Crippen LogP contribution in [0.5, 0.6) is 0 Å². The summed E-state index contributed by atoms with van der Waals surface area (Å²) in [4.78, 5) is 39.0. The van der Waals surface area contributed by atoms with Gasteiger partial charge in [0, 0.05) is 11.8 Å². The van der Waals surface area contributed by atoms with Gasteiger partial charge in [0.15, 0.2) is 12.2 Å². The number of aryl methyl sites for hydroxylation is 1. The van der Waals surface area contributed by atoms with Crippen LogP contribution < -0.4 is 16.7 Å². The molecule has 0 aliphatic carbocycles. The molecule has 7 heteroatoms. The van der Waals surface area contributed by atoms with Crippen LogP contribution in [0, 0.1) is 0 Å². The Morgan fingerprint density at radius 1 is 1.26 bits per heavy atom. The Bertz CT molecular complexity index is 772. The lowest BCUT2D eigenvalue weighted by molar-refractivity contribution is 0.373. The van der Waals surface area contributed by atoms with E-state index < -0.39 is 23.5 Å². The molecule has 0 spiro atoms. The van der Waals surface area contributed by atoms with Crippen molar-refractivity contribution in [2.75, 3.05) is 0 Å². The van der Waals surface area contributed by atoms with E-state index in [1.54, 1.807) is 0 Å². The van der Waals surface area contributed by atoms with E-state index >= 15 is 0 Å². The van der Waals surface area contributed by atoms with E-state index in [2.05, 4.69) is 4.98 Å². The van der Waals surface area contributed by atoms with E-state index in [9.17, 15) is 18.8 Å². The van der Waals surface area contributed by atoms with Crippen molar-refractivity contribution in [3.8, 4) is 0 Å². The maximum Gasteiger partial charge on any atom is 0.327 e. The van der Waals surface area contributed by atoms with Gasteiger partial charge in [0.05, 0.1) is 0 Å². The van der Waals surface area contributed by atoms with Crippen LogP contribution >= 0.6 is 0 Å². The molecule has 0 radical (unpaired) electrons. The average molecular weight is 267 g/mol. The molecular weight excluding hydrogens is 253 g/mol. The minimum absolute atomic E-state index is 0.0603. The van der Waals surface area contributed by atoms with E-state index in [1.165, 1.54) is 6.07 Å². The smallest absolute Gasteiger partial charge is 0.302 e. The molecule has 2 N–H and O–H groups in total. The normalized spacial score (nSPS) is 11.1. The molecule has 0 aromatic carbocycles. The fraction of sp³-hybridized carbons (Fsp3) is 0.417. The number of nitrogens with zero attached hydrogens (tertiary/aromatic N) is 1. The quantitative estimate of drug-likeness (QED) is 0.852. The summed E-state index contributed by atoms with van der Waals surface area (Å²) in [5.41, 5.74) is -1.65. The van der Waals surface area contributed by atoms with Crippen molar-refractivity contribution in [3.63, 3.8) is 0 Å². The van der Waals surface area contributed by atoms with Crippen LogP contribution in [0.25, 0.3) is 11.0 Å². The van der Waals surface area contributed by atoms with Gasteiger partial charge in [0.1, 0.15) is 11.0 Å². The fourth-order valence-corrected chi connectivity index (χ4v) is 2.05. The summed E-state index contributed by atoms with van der Waals surface area (Å²) in [5, 5.41) is -0.225. The molecule has 2 rings (SSSR count). The minimum Gasteiger partial charge on any atom is -0.302 e. The number of aromatic amines is 2. The molecule has 0 aliphatic heterocycles. The van der Waals surface area contributed by atoms with Gasteiger partial charge in [-0.05, 0) is 12.8 Å². The van der Waals surface area contributed by atoms with Gasteiger partial charge in [-0.15, -0.1) is 0 Å². The first-order valence-corrected chi connectivity index (χ1v) is 6.03. The summed E-state index contributed by atoms with van der Waals surface area (Å²) in [6.45, 7) is 1.07. The van der Waals surface area contributed by atoms with Crippen LogP contribution in [0.2, 0.25) is 0 Å². The lowest BCUT2D eigenvalue weighted by Crippen LogP contribution is -2.29. The van der Waals surface area contributed by atoms with Crippen molar-refractivity contribution in [2.45, 2.75) is 33.0 Å². The Labute approximate surface area is 106 Å². The van der Waals surface area contributed by atoms with Gasteiger partial charge in [0.25, 0.3) is 5.56 Å². The Morgan fingerprint density at radius 3 is 2.63 bits per heavy atom. The van der Waals surface area contributed by atoms with Crippen LogP contribution in [-0.2, 0) is 13.2 Å². The van der Waals surface area contributed by atoms with E-state index in [4.69, 9.17) is 0 Å². The van der Waals surface area contributed by atoms with Crippen molar-refractivity contribution >= 4 is 11.0 Å². The number of H-pyrrole nitrogens is 2. The fourth-order valence-electron chi connectivity index (χ4n) is 2.05. The first-order chi connectivity index (χ1) is 9.08. The molecule has 6 nitrogen and oxygen atoms in total. The minimum atomic E-state index is -0.908. The van der Waals surface area contributed by atoms with E-state index in [0.717, 1.165) is 17.4 Å². The molecule has 2 heterocycles. The molecule has 0 saturated heterocycles. The summed E-state index contributed by atoms with van der Waals surface area (Å²) in [6, 6.07) is 1.26. The zero-order valence-electron chi connectivity index (χ0n) is 10.5. The highest BCUT2D eigenvalue weighted by molar-refractivity contribution is 5.73. The number of fused-ring (bicyclic) bond motifs is 1. The number of pyridine rings is 1. The van der Waals surface area contributed by atoms with Crippen molar-refractivity contribution in [2.24, 2.45) is 0 Å². The number of alkyl halides is 1. The second-order valence-electron chi connectivity index (χ2n) is 4.28. The van der Waals surface area contributed by atoms with Gasteiger partial charge in [0.2, 0.25) is 0 Å². The monoisotopic (exact) mass is 267 g/mol. The Balaban J connectivity index is 2.85. The van der Waals surface area contributed by atoms with E-state index in [0.29, 0.717) is 12.1 Å². The lowest BCUT2D eigenvalue weighted by Gasteiger charge is -2.12. The van der Waals surface area contributed by atoms with Crippen LogP contribution in [0.4, 0.5) is 4.39 Å². The summed E-state index contributed by atoms with van der Waals surface area (Å²) in [5.74, 6) is 0. The highest BCUT2D eigenvalue weighted by atomic mass is 19.1. The standard InChI is InChI=1S/C12H14FN3O3/c1-2-3-4-7-5-8(17)9-10(16(7)6-13)14-12(19)15-11(9)18/h5H,2-4,6H2,1H3,(H2,14,15,18,19). The maximum atomic E-state index is 13.2. The largest absolute Gasteiger partial charge is 0.327 e. The number of hydrogen-bond donors (Lipinski definition) is 2. The van der Waals surface area contributed by atoms with Crippen LogP contribution in [-0.4, -0.2) is 14.5 Å². The molecule has 0 amide bonds. The average Bonchev–Trinajstić information content (AvgIpc) is 2.35. The Hall–Kier alpha value is -2.18. The van der Waals surface area contributed by atoms with Crippen molar-refractivity contribution in [3.05, 3.63) is 42.8 Å². The van der Waals surface area contributed by atoms with Crippen molar-refractivity contribution < 1.29 is 4.39 Å². The zero-order valence-corrected chi connectivity index (χ0v) is 10.5. The molecule has 19 heavy (non-hydrogen) atoms. The molecule has 0 aliphatic rings. The molecule has 0 saturated carbocycles. The highest BCUT2D eigenvalue weighted by Gasteiger charge is 2.12. The van der Waals surface area contributed by atoms with Gasteiger partial charge < -0.3 is 4.57 Å². The zero-order chi connectivity index (χ0) is 14.0. The molecule has 2 aromatic rings. The van der Waals surface area contributed by atoms with E-state index in [1.807, 2.05) is 11.9 Å². The number of rotatable bonds is 4. The van der Waals surface area contributed by atoms with Crippen LogP contribution in [0.15, 0.2) is 20.4 Å². The number of unbranched alkanes of at least 4 members (excludes halogenated alkanes) is 1. The topological polar surface area (TPSA) is 87.7 Å². The third kappa shape index (κ3) is 2.35. The second kappa shape index (κ2) is 5.21. The van der Waals surface area contributed by atoms with Gasteiger partial charge in [-0.25, -0.2) is 9.18 Å². The van der Waals surface area contributed by atoms with Crippen molar-refractivity contribution in [1.29, 1.82) is 0 Å². The van der Waals surface area contributed by atoms with Crippen LogP contribution in [0.1, 0.15) is 25.5 Å². The first-order valence-electron chi connectivity index (χ1n) is 6.03. The number of hydrogen-bond acceptors (Lipinski definition) is 3. The van der Waals surface area contributed by atoms with Crippen molar-refractivity contribution in [1.82, 2.24) is 14.5 Å². The van der Waals surface area contributed by atoms with Crippen LogP contribution in [0.3, 0.4) is 0 Å². The van der Waals surface area contributed by atoms with Gasteiger partial charge in [-0.1, -0.05) is 13.3 Å². The molecule has 2 aromatic heterocycles. The maximum absolute atomic E-state index is 13.2. The lowest BCUT2D eigenvalue weighted by atomic mass is 10.1. The molecule has 0 unspecified atom stereocenters. The Kier molecular flexibility index (Phi) is 3.64. The summed E-state index contributed by atoms with van der Waals surface area (Å²) in [6.07, 6.45) is 2.20. The number of nitrogens with one attached hydrogen (secondary N) is 2. The Morgan fingerprint density at radius 2 is 2.00 bits per heavy atom. The molecule has 102 valence electrons. The molecule has 0 bridgehead atoms. The van der Waals surface area contributed by atoms with Gasteiger partial charge in [-0.3, -0.25) is 19.6 Å². The third-order valence-electron chi connectivity index (χ3n) is 2.99. The molecular formula is C12H14FN3O3. The SMILES string of the molecule is CCCCc1cc(=O)c2c(=O)[nH]c(=O)[nH]c2n1CF. The highest BCUT2D eigenvalue weighted by Crippen LogP contribution is 2.10. The number of aromatic nitrogens is 3. The van der Waals surface area contributed by atoms with Gasteiger partial charge in [-0.2, -0.15) is 0 Å². The number of halogens is 1. The summed E-state index contributed by atoms with van der Waals surface area (Å²) >= 11 is 0. The molecule has 0 fully saturated rings. The second-order valence-corrected chi connectivity index (χ2v) is 4.28. The first kappa shape index (κ1) is 13.3. The predicted octanol–water partition coefficient (Wildman–Crippen LogP) is 0.648. The summed E-state index contributed by atoms with van der Waals surface area (Å²) < 4.78 is 14.3.